The molecule has 0 aliphatic carbocycles. The average Bonchev–Trinajstić information content (AvgIpc) is 3.26. The number of hydrogen-bond donors (Lipinski definition) is 1. The summed E-state index contributed by atoms with van der Waals surface area (Å²) in [6.45, 7) is 4.85. The van der Waals surface area contributed by atoms with Gasteiger partial charge in [-0.1, -0.05) is 18.2 Å². The lowest BCUT2D eigenvalue weighted by molar-refractivity contribution is -0.127. The molecule has 0 bridgehead atoms. The monoisotopic (exact) mass is 369 g/mol. The molecule has 1 N–H and O–H groups in total. The SMILES string of the molecule is CC1(C)C(=O)Nc2ccccc2N1C(=O)CN1CCCC1c1cccs1. The standard InChI is InChI=1S/C20H23N3O2S/c1-20(2)19(25)21-14-7-3-4-8-15(14)23(20)18(24)13-22-11-5-9-16(22)17-10-6-12-26-17/h3-4,6-8,10,12,16H,5,9,11,13H2,1-2H3,(H,21,25). The number of anilines is 2. The lowest BCUT2D eigenvalue weighted by Crippen LogP contribution is -2.60. The molecule has 1 saturated heterocycles. The maximum atomic E-state index is 13.3. The van der Waals surface area contributed by atoms with Gasteiger partial charge < -0.3 is 5.32 Å². The topological polar surface area (TPSA) is 52.7 Å². The lowest BCUT2D eigenvalue weighted by Gasteiger charge is -2.42. The zero-order valence-corrected chi connectivity index (χ0v) is 15.9. The lowest BCUT2D eigenvalue weighted by atomic mass is 9.96. The molecule has 136 valence electrons. The third kappa shape index (κ3) is 2.83. The number of carbonyl (C=O) groups excluding carboxylic acids is 2. The van der Waals surface area contributed by atoms with E-state index in [0.29, 0.717) is 18.3 Å². The van der Waals surface area contributed by atoms with Crippen LogP contribution in [0.3, 0.4) is 0 Å². The molecule has 1 fully saturated rings. The summed E-state index contributed by atoms with van der Waals surface area (Å²) in [5.41, 5.74) is 0.555. The highest BCUT2D eigenvalue weighted by atomic mass is 32.1. The number of thiophene rings is 1. The van der Waals surface area contributed by atoms with Crippen LogP contribution in [0.5, 0.6) is 0 Å². The summed E-state index contributed by atoms with van der Waals surface area (Å²) in [7, 11) is 0. The van der Waals surface area contributed by atoms with Crippen LogP contribution < -0.4 is 10.2 Å². The van der Waals surface area contributed by atoms with Gasteiger partial charge in [-0.3, -0.25) is 19.4 Å². The predicted molar refractivity (Wildman–Crippen MR) is 105 cm³/mol. The van der Waals surface area contributed by atoms with Gasteiger partial charge in [-0.15, -0.1) is 11.3 Å². The average molecular weight is 369 g/mol. The van der Waals surface area contributed by atoms with Crippen molar-refractivity contribution in [3.8, 4) is 0 Å². The normalized spacial score (nSPS) is 22.2. The minimum absolute atomic E-state index is 0.0271. The molecule has 1 unspecified atom stereocenters. The van der Waals surface area contributed by atoms with E-state index in [1.54, 1.807) is 30.1 Å². The second-order valence-electron chi connectivity index (χ2n) is 7.40. The zero-order chi connectivity index (χ0) is 18.3. The molecule has 2 aliphatic rings. The van der Waals surface area contributed by atoms with Crippen LogP contribution in [0.4, 0.5) is 11.4 Å². The van der Waals surface area contributed by atoms with Crippen molar-refractivity contribution in [2.24, 2.45) is 0 Å². The number of nitrogens with one attached hydrogen (secondary N) is 1. The van der Waals surface area contributed by atoms with Crippen LogP contribution in [-0.2, 0) is 9.59 Å². The number of fused-ring (bicyclic) bond motifs is 1. The fourth-order valence-electron chi connectivity index (χ4n) is 3.96. The van der Waals surface area contributed by atoms with Crippen molar-refractivity contribution in [1.82, 2.24) is 4.90 Å². The van der Waals surface area contributed by atoms with Gasteiger partial charge >= 0.3 is 0 Å². The summed E-state index contributed by atoms with van der Waals surface area (Å²) in [6, 6.07) is 12.0. The van der Waals surface area contributed by atoms with Crippen molar-refractivity contribution in [3.05, 3.63) is 46.7 Å². The Balaban J connectivity index is 1.62. The first kappa shape index (κ1) is 17.2. The van der Waals surface area contributed by atoms with Crippen molar-refractivity contribution in [2.75, 3.05) is 23.3 Å². The molecular formula is C20H23N3O2S. The van der Waals surface area contributed by atoms with Gasteiger partial charge in [0.25, 0.3) is 0 Å². The molecule has 1 aromatic carbocycles. The van der Waals surface area contributed by atoms with Crippen molar-refractivity contribution in [1.29, 1.82) is 0 Å². The number of nitrogens with zero attached hydrogens (tertiary/aromatic N) is 2. The molecule has 2 aromatic rings. The van der Waals surface area contributed by atoms with E-state index in [4.69, 9.17) is 0 Å². The molecule has 4 rings (SSSR count). The van der Waals surface area contributed by atoms with Crippen LogP contribution in [0.25, 0.3) is 0 Å². The molecule has 0 spiro atoms. The number of para-hydroxylation sites is 2. The van der Waals surface area contributed by atoms with E-state index in [0.717, 1.165) is 25.1 Å². The molecule has 1 aromatic heterocycles. The number of benzene rings is 1. The van der Waals surface area contributed by atoms with E-state index in [1.165, 1.54) is 4.88 Å². The van der Waals surface area contributed by atoms with Crippen molar-refractivity contribution < 1.29 is 9.59 Å². The molecule has 0 saturated carbocycles. The Morgan fingerprint density at radius 3 is 2.85 bits per heavy atom. The number of amides is 2. The minimum atomic E-state index is -0.913. The first-order chi connectivity index (χ1) is 12.5. The summed E-state index contributed by atoms with van der Waals surface area (Å²) >= 11 is 1.74. The van der Waals surface area contributed by atoms with Gasteiger partial charge in [0.15, 0.2) is 0 Å². The highest BCUT2D eigenvalue weighted by Crippen LogP contribution is 2.38. The van der Waals surface area contributed by atoms with Crippen LogP contribution in [-0.4, -0.2) is 35.3 Å². The Hall–Kier alpha value is -2.18. The van der Waals surface area contributed by atoms with Crippen molar-refractivity contribution >= 4 is 34.5 Å². The van der Waals surface area contributed by atoms with E-state index in [-0.39, 0.29) is 11.8 Å². The second-order valence-corrected chi connectivity index (χ2v) is 8.38. The maximum absolute atomic E-state index is 13.3. The van der Waals surface area contributed by atoms with E-state index >= 15 is 0 Å². The van der Waals surface area contributed by atoms with Crippen LogP contribution in [0.2, 0.25) is 0 Å². The largest absolute Gasteiger partial charge is 0.322 e. The fraction of sp³-hybridized carbons (Fsp3) is 0.400. The van der Waals surface area contributed by atoms with Crippen LogP contribution in [0.15, 0.2) is 41.8 Å². The highest BCUT2D eigenvalue weighted by molar-refractivity contribution is 7.10. The van der Waals surface area contributed by atoms with Gasteiger partial charge in [-0.25, -0.2) is 0 Å². The predicted octanol–water partition coefficient (Wildman–Crippen LogP) is 3.65. The Bertz CT molecular complexity index is 831. The molecule has 26 heavy (non-hydrogen) atoms. The molecule has 0 radical (unpaired) electrons. The zero-order valence-electron chi connectivity index (χ0n) is 15.1. The summed E-state index contributed by atoms with van der Waals surface area (Å²) in [4.78, 5) is 31.1. The summed E-state index contributed by atoms with van der Waals surface area (Å²) in [6.07, 6.45) is 2.17. The quantitative estimate of drug-likeness (QED) is 0.898. The molecule has 5 nitrogen and oxygen atoms in total. The number of rotatable bonds is 3. The molecule has 2 aliphatic heterocycles. The van der Waals surface area contributed by atoms with Gasteiger partial charge in [0, 0.05) is 10.9 Å². The minimum Gasteiger partial charge on any atom is -0.322 e. The van der Waals surface area contributed by atoms with E-state index in [1.807, 2.05) is 24.3 Å². The third-order valence-electron chi connectivity index (χ3n) is 5.33. The van der Waals surface area contributed by atoms with Crippen LogP contribution in [0, 0.1) is 0 Å². The highest BCUT2D eigenvalue weighted by Gasteiger charge is 2.44. The van der Waals surface area contributed by atoms with Gasteiger partial charge in [0.1, 0.15) is 5.54 Å². The molecule has 3 heterocycles. The first-order valence-corrected chi connectivity index (χ1v) is 9.87. The summed E-state index contributed by atoms with van der Waals surface area (Å²) < 4.78 is 0. The third-order valence-corrected chi connectivity index (χ3v) is 6.30. The van der Waals surface area contributed by atoms with Crippen LogP contribution in [0.1, 0.15) is 37.6 Å². The smallest absolute Gasteiger partial charge is 0.250 e. The van der Waals surface area contributed by atoms with Crippen LogP contribution >= 0.6 is 11.3 Å². The second kappa shape index (κ2) is 6.52. The van der Waals surface area contributed by atoms with E-state index < -0.39 is 5.54 Å². The van der Waals surface area contributed by atoms with Crippen molar-refractivity contribution in [2.45, 2.75) is 38.3 Å². The van der Waals surface area contributed by atoms with Gasteiger partial charge in [0.05, 0.1) is 17.9 Å². The molecule has 2 amide bonds. The number of hydrogen-bond acceptors (Lipinski definition) is 4. The van der Waals surface area contributed by atoms with E-state index in [2.05, 4.69) is 27.7 Å². The fourth-order valence-corrected chi connectivity index (χ4v) is 4.86. The van der Waals surface area contributed by atoms with Crippen molar-refractivity contribution in [3.63, 3.8) is 0 Å². The Kier molecular flexibility index (Phi) is 4.32. The van der Waals surface area contributed by atoms with Gasteiger partial charge in [-0.2, -0.15) is 0 Å². The molecular weight excluding hydrogens is 346 g/mol. The van der Waals surface area contributed by atoms with E-state index in [9.17, 15) is 9.59 Å². The molecule has 6 heteroatoms. The Morgan fingerprint density at radius 2 is 2.08 bits per heavy atom. The summed E-state index contributed by atoms with van der Waals surface area (Å²) in [5.74, 6) is -0.179. The molecule has 1 atom stereocenters. The number of likely N-dealkylation sites (tertiary alicyclic amines) is 1. The van der Waals surface area contributed by atoms with Gasteiger partial charge in [-0.05, 0) is 56.8 Å². The van der Waals surface area contributed by atoms with Gasteiger partial charge in [0.2, 0.25) is 11.8 Å². The Morgan fingerprint density at radius 1 is 1.27 bits per heavy atom. The summed E-state index contributed by atoms with van der Waals surface area (Å²) in [5, 5.41) is 5.00. The first-order valence-electron chi connectivity index (χ1n) is 8.99. The Labute approximate surface area is 157 Å². The maximum Gasteiger partial charge on any atom is 0.250 e. The number of carbonyl (C=O) groups is 2.